The molecule has 1 unspecified atom stereocenters. The second-order valence-corrected chi connectivity index (χ2v) is 7.83. The number of benzene rings is 2. The van der Waals surface area contributed by atoms with Crippen LogP contribution in [0.2, 0.25) is 0 Å². The number of hydrogen-bond acceptors (Lipinski definition) is 4. The Morgan fingerprint density at radius 3 is 2.72 bits per heavy atom. The molecule has 3 aromatic rings. The second kappa shape index (κ2) is 9.05. The van der Waals surface area contributed by atoms with Crippen molar-refractivity contribution in [2.45, 2.75) is 32.2 Å². The second-order valence-electron chi connectivity index (χ2n) is 7.83. The largest absolute Gasteiger partial charge is 0.361 e. The Balaban J connectivity index is 1.30. The highest BCUT2D eigenvalue weighted by atomic mass is 16.2. The predicted molar refractivity (Wildman–Crippen MR) is 120 cm³/mol. The van der Waals surface area contributed by atoms with E-state index in [9.17, 15) is 19.2 Å². The summed E-state index contributed by atoms with van der Waals surface area (Å²) in [4.78, 5) is 53.2. The Labute approximate surface area is 185 Å². The van der Waals surface area contributed by atoms with Crippen LogP contribution in [0.25, 0.3) is 10.9 Å². The third kappa shape index (κ3) is 4.54. The van der Waals surface area contributed by atoms with Crippen LogP contribution < -0.4 is 10.6 Å². The molecule has 0 spiro atoms. The fraction of sp³-hybridized carbons (Fsp3) is 0.250. The minimum atomic E-state index is -0.722. The number of rotatable bonds is 8. The highest BCUT2D eigenvalue weighted by Gasteiger charge is 2.37. The van der Waals surface area contributed by atoms with Crippen molar-refractivity contribution in [3.8, 4) is 0 Å². The number of carbonyl (C=O) groups excluding carboxylic acids is 4. The minimum absolute atomic E-state index is 0.0667. The van der Waals surface area contributed by atoms with Gasteiger partial charge in [-0.2, -0.15) is 0 Å². The Morgan fingerprint density at radius 2 is 1.91 bits per heavy atom. The lowest BCUT2D eigenvalue weighted by Crippen LogP contribution is -2.33. The van der Waals surface area contributed by atoms with Gasteiger partial charge in [0, 0.05) is 41.3 Å². The molecule has 8 nitrogen and oxygen atoms in total. The number of nitrogens with zero attached hydrogens (tertiary/aromatic N) is 1. The van der Waals surface area contributed by atoms with E-state index in [2.05, 4.69) is 15.6 Å². The third-order valence-corrected chi connectivity index (χ3v) is 5.60. The molecule has 1 aliphatic heterocycles. The van der Waals surface area contributed by atoms with Gasteiger partial charge in [0.15, 0.2) is 5.78 Å². The lowest BCUT2D eigenvalue weighted by molar-refractivity contribution is -0.127. The molecule has 1 fully saturated rings. The standard InChI is InChI=1S/C24H24N4O4/c1-15(29)16-5-4-6-18(13-16)26-22(30)10-9-21-23(31)28(24(32)27-21)12-11-17-14-25-20-8-3-2-7-19(17)20/h2-8,13-14,21,25H,9-12H2,1H3,(H,26,30)(H,27,32). The van der Waals surface area contributed by atoms with E-state index in [1.807, 2.05) is 30.5 Å². The van der Waals surface area contributed by atoms with Crippen molar-refractivity contribution in [3.63, 3.8) is 0 Å². The van der Waals surface area contributed by atoms with Gasteiger partial charge >= 0.3 is 6.03 Å². The van der Waals surface area contributed by atoms with Crippen LogP contribution in [0, 0.1) is 0 Å². The van der Waals surface area contributed by atoms with Gasteiger partial charge in [0.05, 0.1) is 0 Å². The Hall–Kier alpha value is -3.94. The Kier molecular flexibility index (Phi) is 6.02. The number of nitrogens with one attached hydrogen (secondary N) is 3. The number of hydrogen-bond donors (Lipinski definition) is 3. The van der Waals surface area contributed by atoms with Gasteiger partial charge in [-0.25, -0.2) is 4.79 Å². The van der Waals surface area contributed by atoms with E-state index < -0.39 is 12.1 Å². The summed E-state index contributed by atoms with van der Waals surface area (Å²) >= 11 is 0. The first kappa shape index (κ1) is 21.3. The van der Waals surface area contributed by atoms with Gasteiger partial charge in [-0.05, 0) is 43.5 Å². The van der Waals surface area contributed by atoms with Crippen LogP contribution in [0.3, 0.4) is 0 Å². The topological polar surface area (TPSA) is 111 Å². The highest BCUT2D eigenvalue weighted by Crippen LogP contribution is 2.20. The van der Waals surface area contributed by atoms with Crippen LogP contribution in [0.1, 0.15) is 35.7 Å². The van der Waals surface area contributed by atoms with Crippen LogP contribution in [-0.2, 0) is 16.0 Å². The molecule has 0 aliphatic carbocycles. The first-order valence-electron chi connectivity index (χ1n) is 10.5. The Morgan fingerprint density at radius 1 is 1.09 bits per heavy atom. The Bertz CT molecular complexity index is 1200. The number of Topliss-reactive ketones (excluding diaryl/α,β-unsaturated/α-hetero) is 1. The molecule has 0 radical (unpaired) electrons. The van der Waals surface area contributed by atoms with E-state index in [0.29, 0.717) is 17.7 Å². The lowest BCUT2D eigenvalue weighted by atomic mass is 10.1. The molecule has 164 valence electrons. The van der Waals surface area contributed by atoms with Gasteiger partial charge in [-0.3, -0.25) is 19.3 Å². The van der Waals surface area contributed by atoms with Crippen molar-refractivity contribution in [3.05, 3.63) is 65.9 Å². The number of carbonyl (C=O) groups is 4. The van der Waals surface area contributed by atoms with Crippen LogP contribution >= 0.6 is 0 Å². The number of fused-ring (bicyclic) bond motifs is 1. The number of urea groups is 1. The summed E-state index contributed by atoms with van der Waals surface area (Å²) in [7, 11) is 0. The van der Waals surface area contributed by atoms with Gasteiger partial charge in [0.1, 0.15) is 6.04 Å². The first-order valence-corrected chi connectivity index (χ1v) is 10.5. The van der Waals surface area contributed by atoms with E-state index in [0.717, 1.165) is 16.5 Å². The van der Waals surface area contributed by atoms with Gasteiger partial charge in [0.2, 0.25) is 5.91 Å². The van der Waals surface area contributed by atoms with E-state index in [-0.39, 0.29) is 37.0 Å². The normalized spacial score (nSPS) is 15.8. The summed E-state index contributed by atoms with van der Waals surface area (Å²) in [6.07, 6.45) is 2.71. The smallest absolute Gasteiger partial charge is 0.324 e. The molecule has 1 saturated heterocycles. The first-order chi connectivity index (χ1) is 15.4. The molecule has 32 heavy (non-hydrogen) atoms. The van der Waals surface area contributed by atoms with E-state index >= 15 is 0 Å². The fourth-order valence-electron chi connectivity index (χ4n) is 3.87. The molecular formula is C24H24N4O4. The minimum Gasteiger partial charge on any atom is -0.361 e. The maximum atomic E-state index is 12.7. The number of imide groups is 1. The summed E-state index contributed by atoms with van der Waals surface area (Å²) < 4.78 is 0. The quantitative estimate of drug-likeness (QED) is 0.375. The summed E-state index contributed by atoms with van der Waals surface area (Å²) in [6.45, 7) is 1.73. The van der Waals surface area contributed by atoms with Crippen LogP contribution in [0.5, 0.6) is 0 Å². The number of anilines is 1. The van der Waals surface area contributed by atoms with E-state index in [1.165, 1.54) is 11.8 Å². The number of ketones is 1. The fourth-order valence-corrected chi connectivity index (χ4v) is 3.87. The van der Waals surface area contributed by atoms with Crippen LogP contribution in [-0.4, -0.2) is 46.1 Å². The van der Waals surface area contributed by atoms with Crippen molar-refractivity contribution in [1.29, 1.82) is 0 Å². The molecule has 0 bridgehead atoms. The van der Waals surface area contributed by atoms with Crippen molar-refractivity contribution >= 4 is 40.2 Å². The van der Waals surface area contributed by atoms with Gasteiger partial charge in [-0.1, -0.05) is 30.3 Å². The molecule has 2 aromatic carbocycles. The number of aromatic amines is 1. The third-order valence-electron chi connectivity index (χ3n) is 5.60. The summed E-state index contributed by atoms with van der Waals surface area (Å²) in [5.74, 6) is -0.695. The predicted octanol–water partition coefficient (Wildman–Crippen LogP) is 3.25. The average molecular weight is 432 g/mol. The number of aromatic nitrogens is 1. The molecule has 4 rings (SSSR count). The van der Waals surface area contributed by atoms with Crippen LogP contribution in [0.15, 0.2) is 54.7 Å². The van der Waals surface area contributed by atoms with E-state index in [1.54, 1.807) is 24.3 Å². The molecule has 2 heterocycles. The molecule has 1 aromatic heterocycles. The zero-order valence-electron chi connectivity index (χ0n) is 17.7. The summed E-state index contributed by atoms with van der Waals surface area (Å²) in [5, 5.41) is 6.47. The molecule has 4 amide bonds. The molecule has 1 atom stereocenters. The number of para-hydroxylation sites is 1. The average Bonchev–Trinajstić information content (AvgIpc) is 3.31. The number of H-pyrrole nitrogens is 1. The summed E-state index contributed by atoms with van der Waals surface area (Å²) in [6, 6.07) is 13.4. The summed E-state index contributed by atoms with van der Waals surface area (Å²) in [5.41, 5.74) is 3.07. The maximum Gasteiger partial charge on any atom is 0.324 e. The van der Waals surface area contributed by atoms with Crippen molar-refractivity contribution < 1.29 is 19.2 Å². The maximum absolute atomic E-state index is 12.7. The zero-order valence-corrected chi connectivity index (χ0v) is 17.7. The highest BCUT2D eigenvalue weighted by molar-refractivity contribution is 6.04. The molecule has 1 aliphatic rings. The number of amides is 4. The lowest BCUT2D eigenvalue weighted by Gasteiger charge is -2.13. The van der Waals surface area contributed by atoms with Crippen molar-refractivity contribution in [2.24, 2.45) is 0 Å². The van der Waals surface area contributed by atoms with Gasteiger partial charge in [0.25, 0.3) is 5.91 Å². The van der Waals surface area contributed by atoms with Gasteiger partial charge in [-0.15, -0.1) is 0 Å². The molecule has 8 heteroatoms. The molecule has 0 saturated carbocycles. The zero-order chi connectivity index (χ0) is 22.7. The van der Waals surface area contributed by atoms with E-state index in [4.69, 9.17) is 0 Å². The van der Waals surface area contributed by atoms with Crippen molar-refractivity contribution in [1.82, 2.24) is 15.2 Å². The van der Waals surface area contributed by atoms with Crippen LogP contribution in [0.4, 0.5) is 10.5 Å². The monoisotopic (exact) mass is 432 g/mol. The van der Waals surface area contributed by atoms with Crippen molar-refractivity contribution in [2.75, 3.05) is 11.9 Å². The SMILES string of the molecule is CC(=O)c1cccc(NC(=O)CCC2NC(=O)N(CCc3c[nH]c4ccccc34)C2=O)c1. The van der Waals surface area contributed by atoms with Gasteiger partial charge < -0.3 is 15.6 Å². The molecular weight excluding hydrogens is 408 g/mol. The molecule has 3 N–H and O–H groups in total.